The molecule has 0 saturated carbocycles. The molecule has 1 aromatic heterocycles. The molecule has 3 amide bonds. The van der Waals surface area contributed by atoms with Gasteiger partial charge in [-0.3, -0.25) is 14.4 Å². The molecule has 3 N–H and O–H groups in total. The number of thiazole rings is 1. The number of aromatic nitrogens is 1. The van der Waals surface area contributed by atoms with E-state index in [0.717, 1.165) is 21.7 Å². The highest BCUT2D eigenvalue weighted by Crippen LogP contribution is 2.28. The number of amides is 3. The summed E-state index contributed by atoms with van der Waals surface area (Å²) in [6.07, 6.45) is -0.837. The summed E-state index contributed by atoms with van der Waals surface area (Å²) in [5.41, 5.74) is 19.9. The molecule has 0 aliphatic carbocycles. The number of nitrogens with one attached hydrogen (secondary N) is 2. The highest BCUT2D eigenvalue weighted by molar-refractivity contribution is 7.13. The fraction of sp³-hybridized carbons (Fsp3) is 0.707. The minimum absolute atomic E-state index is 0.0491. The van der Waals surface area contributed by atoms with E-state index in [0.29, 0.717) is 52.9 Å². The maximum Gasteiger partial charge on any atom is 0.246 e. The predicted molar refractivity (Wildman–Crippen MR) is 234 cm³/mol. The number of carbonyl (C=O) groups is 3. The second-order valence-electron chi connectivity index (χ2n) is 16.2. The second-order valence-corrected chi connectivity index (χ2v) is 17.1. The van der Waals surface area contributed by atoms with Crippen LogP contribution in [0.15, 0.2) is 40.0 Å². The van der Waals surface area contributed by atoms with Crippen LogP contribution in [0.5, 0.6) is 0 Å². The third-order valence-electron chi connectivity index (χ3n) is 9.58. The molecule has 1 aromatic carbocycles. The lowest BCUT2D eigenvalue weighted by atomic mass is 9.85. The highest BCUT2D eigenvalue weighted by atomic mass is 32.1. The maximum atomic E-state index is 14.1. The van der Waals surface area contributed by atoms with Crippen LogP contribution in [0.4, 0.5) is 0 Å². The molecule has 0 unspecified atom stereocenters. The minimum Gasteiger partial charge on any atom is -0.391 e. The number of hydrogen-bond acceptors (Lipinski definition) is 15. The van der Waals surface area contributed by atoms with Crippen molar-refractivity contribution in [2.75, 3.05) is 112 Å². The Bertz CT molecular complexity index is 1730. The number of β-amino-alcohol motifs (C(OH)–C–C–N with tert-alkyl or cyclic N) is 1. The summed E-state index contributed by atoms with van der Waals surface area (Å²) in [5, 5.41) is 23.2. The van der Waals surface area contributed by atoms with Gasteiger partial charge >= 0.3 is 0 Å². The van der Waals surface area contributed by atoms with E-state index in [4.69, 9.17) is 44.2 Å². The Morgan fingerprint density at radius 1 is 0.841 bits per heavy atom. The van der Waals surface area contributed by atoms with Gasteiger partial charge in [0.15, 0.2) is 0 Å². The van der Waals surface area contributed by atoms with Crippen molar-refractivity contribution in [3.05, 3.63) is 61.9 Å². The predicted octanol–water partition coefficient (Wildman–Crippen LogP) is 3.97. The zero-order chi connectivity index (χ0) is 45.9. The van der Waals surface area contributed by atoms with Gasteiger partial charge in [0.25, 0.3) is 0 Å². The molecule has 1 aliphatic heterocycles. The van der Waals surface area contributed by atoms with Crippen molar-refractivity contribution in [3.8, 4) is 10.4 Å². The van der Waals surface area contributed by atoms with Gasteiger partial charge in [-0.05, 0) is 34.5 Å². The molecule has 21 nitrogen and oxygen atoms in total. The number of hydrogen-bond donors (Lipinski definition) is 3. The molecule has 350 valence electrons. The van der Waals surface area contributed by atoms with Crippen LogP contribution >= 0.6 is 11.3 Å². The lowest BCUT2D eigenvalue weighted by molar-refractivity contribution is -0.145. The number of likely N-dealkylation sites (tertiary alicyclic amines) is 1. The topological polar surface area (TPSA) is 274 Å². The number of carbonyl (C=O) groups excluding carboxylic acids is 3. The van der Waals surface area contributed by atoms with Crippen LogP contribution in [0.25, 0.3) is 31.3 Å². The molecule has 0 bridgehead atoms. The standard InChI is InChI=1S/C41H64N10O11S/c1-30-36(63-29-45-30)32-8-6-31(7-9-32)23-44-38(54)34-22-33(52)24-51(34)39(55)37(40(2,3)4)48-35(53)25-62-28-41(5,26-60-20-18-58-16-14-56-12-10-46-49-42)27-61-21-19-59-17-15-57-13-11-47-50-43/h6-9,29,33-34,37,52H,10-28H2,1-5H3,(H,44,54)(H,48,53)/t33-,34+,37-/m1/s1. The molecule has 22 heteroatoms. The van der Waals surface area contributed by atoms with E-state index in [1.807, 2.05) is 58.9 Å². The molecular weight excluding hydrogens is 841 g/mol. The van der Waals surface area contributed by atoms with E-state index >= 15 is 0 Å². The average molecular weight is 905 g/mol. The van der Waals surface area contributed by atoms with Gasteiger partial charge in [0.05, 0.1) is 108 Å². The normalized spacial score (nSPS) is 16.4. The van der Waals surface area contributed by atoms with Crippen molar-refractivity contribution in [1.29, 1.82) is 0 Å². The van der Waals surface area contributed by atoms with Crippen LogP contribution in [0.1, 0.15) is 45.4 Å². The van der Waals surface area contributed by atoms with Crippen LogP contribution in [-0.2, 0) is 54.1 Å². The Labute approximate surface area is 372 Å². The van der Waals surface area contributed by atoms with Gasteiger partial charge in [-0.2, -0.15) is 0 Å². The van der Waals surface area contributed by atoms with Crippen molar-refractivity contribution in [2.24, 2.45) is 21.1 Å². The summed E-state index contributed by atoms with van der Waals surface area (Å²) in [4.78, 5) is 53.1. The van der Waals surface area contributed by atoms with Gasteiger partial charge in [-0.1, -0.05) is 62.2 Å². The van der Waals surface area contributed by atoms with E-state index in [9.17, 15) is 19.5 Å². The summed E-state index contributed by atoms with van der Waals surface area (Å²) >= 11 is 1.56. The number of nitrogens with zero attached hydrogens (tertiary/aromatic N) is 8. The number of aliphatic hydroxyl groups excluding tert-OH is 1. The van der Waals surface area contributed by atoms with Crippen LogP contribution in [0, 0.1) is 17.8 Å². The monoisotopic (exact) mass is 904 g/mol. The smallest absolute Gasteiger partial charge is 0.246 e. The Morgan fingerprint density at radius 3 is 1.87 bits per heavy atom. The Balaban J connectivity index is 1.51. The van der Waals surface area contributed by atoms with Gasteiger partial charge in [0.1, 0.15) is 18.7 Å². The number of ether oxygens (including phenoxy) is 7. The van der Waals surface area contributed by atoms with E-state index in [2.05, 4.69) is 35.7 Å². The van der Waals surface area contributed by atoms with Crippen LogP contribution in [0.2, 0.25) is 0 Å². The first-order valence-electron chi connectivity index (χ1n) is 20.9. The van der Waals surface area contributed by atoms with Crippen molar-refractivity contribution >= 4 is 29.1 Å². The third kappa shape index (κ3) is 20.3. The molecule has 3 rings (SSSR count). The summed E-state index contributed by atoms with van der Waals surface area (Å²) in [6, 6.07) is 5.87. The lowest BCUT2D eigenvalue weighted by Crippen LogP contribution is -2.58. The van der Waals surface area contributed by atoms with Gasteiger partial charge < -0.3 is 53.8 Å². The first-order valence-corrected chi connectivity index (χ1v) is 21.8. The molecule has 1 saturated heterocycles. The fourth-order valence-corrected chi connectivity index (χ4v) is 7.13. The molecule has 0 radical (unpaired) electrons. The average Bonchev–Trinajstić information content (AvgIpc) is 3.87. The van der Waals surface area contributed by atoms with Crippen molar-refractivity contribution in [1.82, 2.24) is 20.5 Å². The fourth-order valence-electron chi connectivity index (χ4n) is 6.32. The van der Waals surface area contributed by atoms with Gasteiger partial charge in [0, 0.05) is 47.8 Å². The summed E-state index contributed by atoms with van der Waals surface area (Å²) in [6.45, 7) is 13.2. The van der Waals surface area contributed by atoms with Crippen molar-refractivity contribution < 1.29 is 52.6 Å². The Kier molecular flexibility index (Phi) is 24.4. The van der Waals surface area contributed by atoms with Crippen molar-refractivity contribution in [2.45, 2.75) is 65.8 Å². The third-order valence-corrected chi connectivity index (χ3v) is 10.6. The zero-order valence-electron chi connectivity index (χ0n) is 37.1. The molecule has 1 aliphatic rings. The van der Waals surface area contributed by atoms with Crippen LogP contribution < -0.4 is 10.6 Å². The quantitative estimate of drug-likeness (QED) is 0.0407. The molecule has 0 spiro atoms. The number of rotatable bonds is 32. The minimum atomic E-state index is -1.03. The molecule has 2 aromatic rings. The second kappa shape index (κ2) is 29.1. The van der Waals surface area contributed by atoms with Crippen LogP contribution in [0.3, 0.4) is 0 Å². The van der Waals surface area contributed by atoms with Gasteiger partial charge in [-0.15, -0.1) is 11.3 Å². The maximum absolute atomic E-state index is 14.1. The lowest BCUT2D eigenvalue weighted by Gasteiger charge is -2.35. The Hall–Kier alpha value is -4.44. The summed E-state index contributed by atoms with van der Waals surface area (Å²) in [7, 11) is 0. The van der Waals surface area contributed by atoms with E-state index in [1.165, 1.54) is 4.90 Å². The highest BCUT2D eigenvalue weighted by Gasteiger charge is 2.44. The number of aryl methyl sites for hydroxylation is 1. The van der Waals surface area contributed by atoms with Gasteiger partial charge in [-0.25, -0.2) is 4.98 Å². The number of azide groups is 2. The van der Waals surface area contributed by atoms with Crippen molar-refractivity contribution in [3.63, 3.8) is 0 Å². The van der Waals surface area contributed by atoms with E-state index < -0.39 is 46.7 Å². The molecule has 3 atom stereocenters. The molecular formula is C41H64N10O11S. The summed E-state index contributed by atoms with van der Waals surface area (Å²) in [5.74, 6) is -1.41. The van der Waals surface area contributed by atoms with E-state index in [1.54, 1.807) is 16.8 Å². The first-order chi connectivity index (χ1) is 30.3. The first kappa shape index (κ1) is 52.9. The van der Waals surface area contributed by atoms with Crippen LogP contribution in [-0.4, -0.2) is 163 Å². The number of aliphatic hydroxyl groups is 1. The number of benzene rings is 1. The SMILES string of the molecule is Cc1ncsc1-c1ccc(CNC(=O)[C@@H]2C[C@@H](O)CN2C(=O)[C@@H](NC(=O)COCC(C)(COCCOCCOCCN=[N+]=[N-])COCCOCCOCCN=[N+]=[N-])C(C)(C)C)cc1. The largest absolute Gasteiger partial charge is 0.391 e. The summed E-state index contributed by atoms with van der Waals surface area (Å²) < 4.78 is 39.5. The molecule has 63 heavy (non-hydrogen) atoms. The molecule has 1 fully saturated rings. The van der Waals surface area contributed by atoms with E-state index in [-0.39, 0.29) is 72.2 Å². The zero-order valence-corrected chi connectivity index (χ0v) is 37.9. The van der Waals surface area contributed by atoms with Gasteiger partial charge in [0.2, 0.25) is 17.7 Å². The Morgan fingerprint density at radius 2 is 1.37 bits per heavy atom. The molecule has 2 heterocycles.